The van der Waals surface area contributed by atoms with E-state index >= 15 is 0 Å². The summed E-state index contributed by atoms with van der Waals surface area (Å²) >= 11 is 0. The van der Waals surface area contributed by atoms with E-state index in [4.69, 9.17) is 9.47 Å². The predicted molar refractivity (Wildman–Crippen MR) is 72.7 cm³/mol. The Balaban J connectivity index is 1.91. The smallest absolute Gasteiger partial charge is 0.0897 e. The van der Waals surface area contributed by atoms with Crippen molar-refractivity contribution in [2.24, 2.45) is 5.41 Å². The zero-order valence-electron chi connectivity index (χ0n) is 12.1. The minimum atomic E-state index is -0.425. The standard InChI is InChI=1S/C14H29NO3/c1-14(2,3)6-7-15-9-12(16)10-17-11-13-5-4-8-18-13/h12-13,15-16H,4-11H2,1-3H3. The van der Waals surface area contributed by atoms with Crippen LogP contribution in [0.4, 0.5) is 0 Å². The third-order valence-corrected chi connectivity index (χ3v) is 3.07. The van der Waals surface area contributed by atoms with Crippen molar-refractivity contribution in [1.82, 2.24) is 5.32 Å². The number of aliphatic hydroxyl groups is 1. The molecular formula is C14H29NO3. The Labute approximate surface area is 111 Å². The summed E-state index contributed by atoms with van der Waals surface area (Å²) in [5.41, 5.74) is 0.342. The molecule has 1 rings (SSSR count). The van der Waals surface area contributed by atoms with Crippen LogP contribution in [-0.4, -0.2) is 50.2 Å². The molecule has 4 heteroatoms. The van der Waals surface area contributed by atoms with Crippen molar-refractivity contribution in [3.8, 4) is 0 Å². The first-order valence-electron chi connectivity index (χ1n) is 7.05. The van der Waals surface area contributed by atoms with E-state index in [1.807, 2.05) is 0 Å². The summed E-state index contributed by atoms with van der Waals surface area (Å²) in [5, 5.41) is 13.0. The highest BCUT2D eigenvalue weighted by Gasteiger charge is 2.16. The predicted octanol–water partition coefficient (Wildman–Crippen LogP) is 1.57. The first kappa shape index (κ1) is 15.9. The minimum absolute atomic E-state index is 0.242. The molecule has 1 aliphatic rings. The van der Waals surface area contributed by atoms with Crippen LogP contribution in [0.1, 0.15) is 40.0 Å². The zero-order valence-corrected chi connectivity index (χ0v) is 12.1. The Morgan fingerprint density at radius 2 is 2.22 bits per heavy atom. The van der Waals surface area contributed by atoms with Crippen LogP contribution in [-0.2, 0) is 9.47 Å². The molecule has 2 unspecified atom stereocenters. The largest absolute Gasteiger partial charge is 0.389 e. The van der Waals surface area contributed by atoms with E-state index < -0.39 is 6.10 Å². The molecule has 0 radical (unpaired) electrons. The molecule has 2 atom stereocenters. The highest BCUT2D eigenvalue weighted by atomic mass is 16.5. The summed E-state index contributed by atoms with van der Waals surface area (Å²) in [5.74, 6) is 0. The van der Waals surface area contributed by atoms with Crippen molar-refractivity contribution >= 4 is 0 Å². The number of aliphatic hydroxyl groups excluding tert-OH is 1. The second kappa shape index (κ2) is 8.10. The Bertz CT molecular complexity index is 210. The molecule has 0 aliphatic carbocycles. The van der Waals surface area contributed by atoms with Crippen molar-refractivity contribution in [3.63, 3.8) is 0 Å². The van der Waals surface area contributed by atoms with Gasteiger partial charge in [-0.2, -0.15) is 0 Å². The molecule has 0 saturated carbocycles. The van der Waals surface area contributed by atoms with E-state index in [0.717, 1.165) is 32.4 Å². The first-order chi connectivity index (χ1) is 8.47. The molecule has 0 aromatic rings. The van der Waals surface area contributed by atoms with E-state index in [2.05, 4.69) is 26.1 Å². The fraction of sp³-hybridized carbons (Fsp3) is 1.00. The van der Waals surface area contributed by atoms with Gasteiger partial charge in [0.2, 0.25) is 0 Å². The minimum Gasteiger partial charge on any atom is -0.389 e. The van der Waals surface area contributed by atoms with Crippen LogP contribution in [0.3, 0.4) is 0 Å². The number of ether oxygens (including phenoxy) is 2. The maximum atomic E-state index is 9.72. The van der Waals surface area contributed by atoms with Gasteiger partial charge in [0.1, 0.15) is 0 Å². The van der Waals surface area contributed by atoms with E-state index in [0.29, 0.717) is 25.2 Å². The Kier molecular flexibility index (Phi) is 7.15. The highest BCUT2D eigenvalue weighted by molar-refractivity contribution is 4.66. The van der Waals surface area contributed by atoms with Crippen molar-refractivity contribution in [2.75, 3.05) is 32.9 Å². The van der Waals surface area contributed by atoms with Gasteiger partial charge in [-0.3, -0.25) is 0 Å². The van der Waals surface area contributed by atoms with Crippen molar-refractivity contribution < 1.29 is 14.6 Å². The molecule has 0 aromatic carbocycles. The Hall–Kier alpha value is -0.160. The molecule has 1 aliphatic heterocycles. The Morgan fingerprint density at radius 3 is 2.83 bits per heavy atom. The molecule has 1 heterocycles. The van der Waals surface area contributed by atoms with Gasteiger partial charge < -0.3 is 19.9 Å². The van der Waals surface area contributed by atoms with Gasteiger partial charge in [0.15, 0.2) is 0 Å². The van der Waals surface area contributed by atoms with Crippen LogP contribution in [0.5, 0.6) is 0 Å². The summed E-state index contributed by atoms with van der Waals surface area (Å²) in [6.07, 6.45) is 3.14. The van der Waals surface area contributed by atoms with E-state index in [9.17, 15) is 5.11 Å². The van der Waals surface area contributed by atoms with Crippen LogP contribution in [0.15, 0.2) is 0 Å². The second-order valence-electron chi connectivity index (χ2n) is 6.34. The van der Waals surface area contributed by atoms with Crippen LogP contribution in [0, 0.1) is 5.41 Å². The van der Waals surface area contributed by atoms with Gasteiger partial charge in [-0.15, -0.1) is 0 Å². The zero-order chi connectivity index (χ0) is 13.4. The molecule has 0 bridgehead atoms. The molecule has 4 nitrogen and oxygen atoms in total. The SMILES string of the molecule is CC(C)(C)CCNCC(O)COCC1CCCO1. The molecule has 18 heavy (non-hydrogen) atoms. The molecule has 1 saturated heterocycles. The lowest BCUT2D eigenvalue weighted by molar-refractivity contribution is -0.0164. The fourth-order valence-corrected chi connectivity index (χ4v) is 1.90. The lowest BCUT2D eigenvalue weighted by Crippen LogP contribution is -2.33. The summed E-state index contributed by atoms with van der Waals surface area (Å²) in [6, 6.07) is 0. The van der Waals surface area contributed by atoms with Crippen molar-refractivity contribution in [2.45, 2.75) is 52.2 Å². The second-order valence-corrected chi connectivity index (χ2v) is 6.34. The number of hydrogen-bond donors (Lipinski definition) is 2. The van der Waals surface area contributed by atoms with Gasteiger partial charge in [0.05, 0.1) is 25.4 Å². The monoisotopic (exact) mass is 259 g/mol. The summed E-state index contributed by atoms with van der Waals surface area (Å²) < 4.78 is 10.9. The maximum Gasteiger partial charge on any atom is 0.0897 e. The van der Waals surface area contributed by atoms with Gasteiger partial charge in [-0.05, 0) is 31.2 Å². The lowest BCUT2D eigenvalue weighted by Gasteiger charge is -2.19. The quantitative estimate of drug-likeness (QED) is 0.650. The molecule has 1 fully saturated rings. The van der Waals surface area contributed by atoms with Crippen LogP contribution in [0.2, 0.25) is 0 Å². The van der Waals surface area contributed by atoms with Crippen LogP contribution in [0.25, 0.3) is 0 Å². The average Bonchev–Trinajstić information content (AvgIpc) is 2.76. The Morgan fingerprint density at radius 1 is 1.44 bits per heavy atom. The molecule has 0 aromatic heterocycles. The van der Waals surface area contributed by atoms with Crippen LogP contribution < -0.4 is 5.32 Å². The molecule has 0 amide bonds. The van der Waals surface area contributed by atoms with Crippen molar-refractivity contribution in [1.29, 1.82) is 0 Å². The summed E-state index contributed by atoms with van der Waals surface area (Å²) in [6.45, 7) is 10.0. The third-order valence-electron chi connectivity index (χ3n) is 3.07. The number of nitrogens with one attached hydrogen (secondary N) is 1. The van der Waals surface area contributed by atoms with E-state index in [-0.39, 0.29) is 6.10 Å². The van der Waals surface area contributed by atoms with E-state index in [1.165, 1.54) is 0 Å². The average molecular weight is 259 g/mol. The topological polar surface area (TPSA) is 50.7 Å². The number of hydrogen-bond acceptors (Lipinski definition) is 4. The first-order valence-corrected chi connectivity index (χ1v) is 7.05. The van der Waals surface area contributed by atoms with E-state index in [1.54, 1.807) is 0 Å². The van der Waals surface area contributed by atoms with Crippen molar-refractivity contribution in [3.05, 3.63) is 0 Å². The molecular weight excluding hydrogens is 230 g/mol. The summed E-state index contributed by atoms with van der Waals surface area (Å²) in [4.78, 5) is 0. The van der Waals surface area contributed by atoms with Gasteiger partial charge in [0, 0.05) is 13.2 Å². The van der Waals surface area contributed by atoms with Gasteiger partial charge in [-0.25, -0.2) is 0 Å². The third kappa shape index (κ3) is 8.03. The molecule has 2 N–H and O–H groups in total. The summed E-state index contributed by atoms with van der Waals surface area (Å²) in [7, 11) is 0. The highest BCUT2D eigenvalue weighted by Crippen LogP contribution is 2.16. The normalized spacial score (nSPS) is 22.3. The lowest BCUT2D eigenvalue weighted by atomic mass is 9.92. The number of rotatable bonds is 8. The van der Waals surface area contributed by atoms with Gasteiger partial charge >= 0.3 is 0 Å². The van der Waals surface area contributed by atoms with Gasteiger partial charge in [-0.1, -0.05) is 20.8 Å². The van der Waals surface area contributed by atoms with Crippen LogP contribution >= 0.6 is 0 Å². The maximum absolute atomic E-state index is 9.72. The van der Waals surface area contributed by atoms with Gasteiger partial charge in [0.25, 0.3) is 0 Å². The molecule has 0 spiro atoms. The fourth-order valence-electron chi connectivity index (χ4n) is 1.90. The molecule has 108 valence electrons.